The molecule has 0 radical (unpaired) electrons. The van der Waals surface area contributed by atoms with Gasteiger partial charge in [0.05, 0.1) is 40.3 Å². The van der Waals surface area contributed by atoms with Gasteiger partial charge in [0, 0.05) is 41.8 Å². The van der Waals surface area contributed by atoms with Crippen molar-refractivity contribution in [3.8, 4) is 11.3 Å². The molecule has 2 aromatic heterocycles. The second-order valence-electron chi connectivity index (χ2n) is 7.86. The Labute approximate surface area is 196 Å². The molecule has 0 unspecified atom stereocenters. The third kappa shape index (κ3) is 3.18. The fourth-order valence-electron chi connectivity index (χ4n) is 4.30. The molecule has 0 aliphatic carbocycles. The third-order valence-electron chi connectivity index (χ3n) is 5.95. The summed E-state index contributed by atoms with van der Waals surface area (Å²) in [5.41, 5.74) is 9.38. The molecular weight excluding hydrogens is 422 g/mol. The number of aromatic amines is 2. The highest BCUT2D eigenvalue weighted by Crippen LogP contribution is 2.33. The number of rotatable bonds is 4. The molecule has 0 saturated heterocycles. The lowest BCUT2D eigenvalue weighted by Gasteiger charge is -2.24. The highest BCUT2D eigenvalue weighted by molar-refractivity contribution is 5.83. The van der Waals surface area contributed by atoms with Crippen LogP contribution in [-0.4, -0.2) is 25.1 Å². The predicted molar refractivity (Wildman–Crippen MR) is 137 cm³/mol. The first-order chi connectivity index (χ1) is 16.7. The maximum atomic E-state index is 4.64. The van der Waals surface area contributed by atoms with Gasteiger partial charge in [0.2, 0.25) is 0 Å². The van der Waals surface area contributed by atoms with Crippen molar-refractivity contribution in [2.75, 3.05) is 9.80 Å². The highest BCUT2D eigenvalue weighted by atomic mass is 15.2. The fraction of sp³-hybridized carbons (Fsp3) is 0. The summed E-state index contributed by atoms with van der Waals surface area (Å²) in [7, 11) is 0. The summed E-state index contributed by atoms with van der Waals surface area (Å²) in [6.07, 6.45) is 21.4. The van der Waals surface area contributed by atoms with E-state index in [0.29, 0.717) is 0 Å². The van der Waals surface area contributed by atoms with Crippen LogP contribution in [0.2, 0.25) is 0 Å². The molecule has 0 saturated carbocycles. The molecule has 7 nitrogen and oxygen atoms in total. The predicted octanol–water partition coefficient (Wildman–Crippen LogP) is 5.67. The van der Waals surface area contributed by atoms with Gasteiger partial charge in [0.1, 0.15) is 5.69 Å². The summed E-state index contributed by atoms with van der Waals surface area (Å²) in [6, 6.07) is 8.05. The van der Waals surface area contributed by atoms with Crippen molar-refractivity contribution in [1.29, 1.82) is 0 Å². The molecule has 0 aromatic carbocycles. The van der Waals surface area contributed by atoms with E-state index >= 15 is 0 Å². The van der Waals surface area contributed by atoms with Gasteiger partial charge in [0.15, 0.2) is 0 Å². The van der Waals surface area contributed by atoms with Crippen LogP contribution in [0.3, 0.4) is 0 Å². The van der Waals surface area contributed by atoms with Crippen molar-refractivity contribution < 1.29 is 0 Å². The Morgan fingerprint density at radius 3 is 2.03 bits per heavy atom. The minimum Gasteiger partial charge on any atom is -0.360 e. The van der Waals surface area contributed by atoms with Crippen LogP contribution >= 0.6 is 0 Å². The Morgan fingerprint density at radius 1 is 0.735 bits per heavy atom. The second-order valence-corrected chi connectivity index (χ2v) is 7.86. The molecule has 2 N–H and O–H groups in total. The van der Waals surface area contributed by atoms with Gasteiger partial charge in [-0.05, 0) is 60.7 Å². The van der Waals surface area contributed by atoms with Crippen LogP contribution in [0.5, 0.6) is 0 Å². The highest BCUT2D eigenvalue weighted by Gasteiger charge is 2.19. The summed E-state index contributed by atoms with van der Waals surface area (Å²) < 4.78 is 0. The first kappa shape index (κ1) is 19.8. The minimum atomic E-state index is 0.733. The average molecular weight is 444 g/mol. The maximum absolute atomic E-state index is 4.64. The number of anilines is 2. The summed E-state index contributed by atoms with van der Waals surface area (Å²) in [6.45, 7) is 7.94. The first-order valence-electron chi connectivity index (χ1n) is 10.9. The van der Waals surface area contributed by atoms with Gasteiger partial charge in [0.25, 0.3) is 0 Å². The topological polar surface area (TPSA) is 76.7 Å². The number of allylic oxidation sites excluding steroid dienone is 2. The van der Waals surface area contributed by atoms with Gasteiger partial charge in [-0.25, -0.2) is 0 Å². The van der Waals surface area contributed by atoms with Crippen LogP contribution in [0.15, 0.2) is 92.0 Å². The monoisotopic (exact) mass is 443 g/mol. The summed E-state index contributed by atoms with van der Waals surface area (Å²) >= 11 is 0. The Hall–Kier alpha value is -4.91. The van der Waals surface area contributed by atoms with Gasteiger partial charge in [-0.15, -0.1) is 10.2 Å². The largest absolute Gasteiger partial charge is 0.360 e. The smallest absolute Gasteiger partial charge is 0.113 e. The molecule has 7 heteroatoms. The zero-order valence-electron chi connectivity index (χ0n) is 18.3. The summed E-state index contributed by atoms with van der Waals surface area (Å²) in [5.74, 6) is 0. The first-order valence-corrected chi connectivity index (χ1v) is 10.9. The molecule has 34 heavy (non-hydrogen) atoms. The Kier molecular flexibility index (Phi) is 4.59. The molecule has 6 rings (SSSR count). The molecule has 0 spiro atoms. The molecule has 0 fully saturated rings. The molecule has 6 heterocycles. The Bertz CT molecular complexity index is 1510. The standard InChI is InChI=1S/C27H21N7/c1-3-33-19(6-9-22-26(33)11-13-28-22)15-18-5-8-21-24(31-32-25(21)17-30-18)16-20-7-10-23-27(12-14-29-23)34(20)4-2/h3-17,28-29H,1-2H2/b19-15+,20-16+. The van der Waals surface area contributed by atoms with Gasteiger partial charge < -0.3 is 19.8 Å². The van der Waals surface area contributed by atoms with Gasteiger partial charge >= 0.3 is 0 Å². The quantitative estimate of drug-likeness (QED) is 0.425. The third-order valence-corrected chi connectivity index (χ3v) is 5.95. The molecule has 2 aromatic rings. The second kappa shape index (κ2) is 7.90. The van der Waals surface area contributed by atoms with E-state index in [2.05, 4.69) is 44.4 Å². The molecule has 4 aliphatic heterocycles. The van der Waals surface area contributed by atoms with Crippen LogP contribution in [0.25, 0.3) is 35.6 Å². The summed E-state index contributed by atoms with van der Waals surface area (Å²) in [4.78, 5) is 15.2. The molecule has 0 amide bonds. The van der Waals surface area contributed by atoms with Crippen molar-refractivity contribution in [2.45, 2.75) is 0 Å². The van der Waals surface area contributed by atoms with Gasteiger partial charge in [-0.3, -0.25) is 4.98 Å². The van der Waals surface area contributed by atoms with Crippen LogP contribution in [0, 0.1) is 0 Å². The molecule has 0 bridgehead atoms. The zero-order valence-corrected chi connectivity index (χ0v) is 18.3. The van der Waals surface area contributed by atoms with E-state index in [4.69, 9.17) is 0 Å². The van der Waals surface area contributed by atoms with Crippen molar-refractivity contribution in [1.82, 2.24) is 25.1 Å². The maximum Gasteiger partial charge on any atom is 0.113 e. The van der Waals surface area contributed by atoms with Crippen LogP contribution in [0.4, 0.5) is 11.4 Å². The van der Waals surface area contributed by atoms with E-state index in [1.54, 1.807) is 18.6 Å². The van der Waals surface area contributed by atoms with E-state index in [0.717, 1.165) is 56.8 Å². The molecular formula is C27H21N7. The summed E-state index contributed by atoms with van der Waals surface area (Å²) in [5, 5.41) is 8.75. The van der Waals surface area contributed by atoms with Crippen LogP contribution in [0.1, 0.15) is 22.8 Å². The number of hydrogen-bond donors (Lipinski definition) is 2. The number of H-pyrrole nitrogens is 2. The zero-order chi connectivity index (χ0) is 23.1. The van der Waals surface area contributed by atoms with E-state index in [-0.39, 0.29) is 0 Å². The Morgan fingerprint density at radius 2 is 1.38 bits per heavy atom. The lowest BCUT2D eigenvalue weighted by Crippen LogP contribution is -2.16. The number of aromatic nitrogens is 5. The van der Waals surface area contributed by atoms with Crippen molar-refractivity contribution in [2.24, 2.45) is 0 Å². The van der Waals surface area contributed by atoms with Crippen LogP contribution in [-0.2, 0) is 0 Å². The Balaban J connectivity index is 1.36. The lowest BCUT2D eigenvalue weighted by atomic mass is 10.1. The van der Waals surface area contributed by atoms with E-state index in [9.17, 15) is 0 Å². The van der Waals surface area contributed by atoms with Crippen molar-refractivity contribution in [3.05, 3.63) is 115 Å². The van der Waals surface area contributed by atoms with Gasteiger partial charge in [-0.2, -0.15) is 0 Å². The number of nitrogens with one attached hydrogen (secondary N) is 2. The number of nitrogens with zero attached hydrogens (tertiary/aromatic N) is 5. The van der Waals surface area contributed by atoms with Crippen molar-refractivity contribution in [3.63, 3.8) is 0 Å². The fourth-order valence-corrected chi connectivity index (χ4v) is 4.30. The minimum absolute atomic E-state index is 0.733. The SMILES string of the molecule is C=CN1/C(=C/c2ccc3c(/C=C4\C=Cc5[nH]ccc5N4C=C)nnc-3cn2)C=Cc2[nH]ccc21. The van der Waals surface area contributed by atoms with E-state index in [1.165, 1.54) is 0 Å². The molecule has 4 aliphatic rings. The van der Waals surface area contributed by atoms with Gasteiger partial charge in [-0.1, -0.05) is 13.2 Å². The number of hydrogen-bond acceptors (Lipinski definition) is 5. The average Bonchev–Trinajstić information content (AvgIpc) is 3.58. The van der Waals surface area contributed by atoms with E-state index < -0.39 is 0 Å². The molecule has 0 atom stereocenters. The van der Waals surface area contributed by atoms with Crippen LogP contribution < -0.4 is 9.80 Å². The van der Waals surface area contributed by atoms with Crippen molar-refractivity contribution >= 4 is 35.7 Å². The van der Waals surface area contributed by atoms with E-state index in [1.807, 2.05) is 76.8 Å². The lowest BCUT2D eigenvalue weighted by molar-refractivity contribution is 1.08. The number of fused-ring (bicyclic) bond motifs is 3. The normalized spacial score (nSPS) is 16.8. The molecule has 164 valence electrons.